The Morgan fingerprint density at radius 3 is 1.19 bits per heavy atom. The molecule has 1 nitrogen and oxygen atoms in total. The van der Waals surface area contributed by atoms with Crippen molar-refractivity contribution in [3.63, 3.8) is 0 Å². The molecule has 12 aromatic carbocycles. The van der Waals surface area contributed by atoms with E-state index >= 15 is 0 Å². The van der Waals surface area contributed by atoms with Crippen LogP contribution in [-0.4, -0.2) is 0 Å². The molecule has 0 aliphatic heterocycles. The number of nitrogens with zero attached hydrogens (tertiary/aromatic N) is 1. The van der Waals surface area contributed by atoms with E-state index < -0.39 is 10.8 Å². The van der Waals surface area contributed by atoms with E-state index in [1.807, 2.05) is 0 Å². The molecule has 0 fully saturated rings. The summed E-state index contributed by atoms with van der Waals surface area (Å²) in [4.78, 5) is 2.53. The van der Waals surface area contributed by atoms with Crippen LogP contribution in [0.4, 0.5) is 17.1 Å². The highest BCUT2D eigenvalue weighted by Crippen LogP contribution is 2.65. The van der Waals surface area contributed by atoms with Crippen LogP contribution in [0.2, 0.25) is 0 Å². The molecular formula is C74H49N. The molecule has 15 rings (SSSR count). The molecule has 350 valence electrons. The Bertz CT molecular complexity index is 4070. The van der Waals surface area contributed by atoms with Crippen molar-refractivity contribution in [1.82, 2.24) is 0 Å². The predicted molar refractivity (Wildman–Crippen MR) is 311 cm³/mol. The van der Waals surface area contributed by atoms with Crippen molar-refractivity contribution in [2.45, 2.75) is 10.8 Å². The van der Waals surface area contributed by atoms with E-state index in [9.17, 15) is 0 Å². The molecule has 0 aromatic heterocycles. The first-order chi connectivity index (χ1) is 37.2. The Morgan fingerprint density at radius 2 is 0.613 bits per heavy atom. The van der Waals surface area contributed by atoms with Gasteiger partial charge in [-0.3, -0.25) is 0 Å². The second-order valence-electron chi connectivity index (χ2n) is 20.2. The first-order valence-corrected chi connectivity index (χ1v) is 26.2. The van der Waals surface area contributed by atoms with Gasteiger partial charge in [0, 0.05) is 16.9 Å². The lowest BCUT2D eigenvalue weighted by molar-refractivity contribution is 0.768. The van der Waals surface area contributed by atoms with Crippen LogP contribution in [0.5, 0.6) is 0 Å². The molecule has 1 spiro atoms. The summed E-state index contributed by atoms with van der Waals surface area (Å²) < 4.78 is 0. The topological polar surface area (TPSA) is 3.24 Å². The lowest BCUT2D eigenvalue weighted by atomic mass is 9.67. The van der Waals surface area contributed by atoms with Crippen LogP contribution in [0, 0.1) is 0 Å². The van der Waals surface area contributed by atoms with Crippen LogP contribution in [0.15, 0.2) is 297 Å². The third-order valence-electron chi connectivity index (χ3n) is 16.6. The molecule has 3 aliphatic carbocycles. The maximum Gasteiger partial charge on any atom is 0.0725 e. The van der Waals surface area contributed by atoms with Gasteiger partial charge in [-0.25, -0.2) is 0 Å². The van der Waals surface area contributed by atoms with Gasteiger partial charge in [-0.2, -0.15) is 0 Å². The molecule has 0 atom stereocenters. The number of hydrogen-bond donors (Lipinski definition) is 0. The average Bonchev–Trinajstić information content (AvgIpc) is 4.12. The van der Waals surface area contributed by atoms with Gasteiger partial charge in [-0.15, -0.1) is 0 Å². The minimum atomic E-state index is -0.570. The Hall–Kier alpha value is -9.56. The van der Waals surface area contributed by atoms with E-state index in [1.165, 1.54) is 106 Å². The van der Waals surface area contributed by atoms with Gasteiger partial charge < -0.3 is 4.90 Å². The number of anilines is 3. The van der Waals surface area contributed by atoms with E-state index in [2.05, 4.69) is 302 Å². The van der Waals surface area contributed by atoms with E-state index in [-0.39, 0.29) is 0 Å². The number of hydrogen-bond acceptors (Lipinski definition) is 1. The molecule has 0 radical (unpaired) electrons. The van der Waals surface area contributed by atoms with Gasteiger partial charge in [0.25, 0.3) is 0 Å². The largest absolute Gasteiger partial charge is 0.310 e. The molecule has 0 N–H and O–H groups in total. The van der Waals surface area contributed by atoms with Gasteiger partial charge in [0.15, 0.2) is 0 Å². The normalized spacial score (nSPS) is 13.5. The molecule has 0 amide bonds. The fourth-order valence-corrected chi connectivity index (χ4v) is 13.6. The summed E-state index contributed by atoms with van der Waals surface area (Å²) in [6.07, 6.45) is 0. The van der Waals surface area contributed by atoms with Crippen LogP contribution < -0.4 is 4.90 Å². The second kappa shape index (κ2) is 17.0. The fourth-order valence-electron chi connectivity index (χ4n) is 13.6. The Labute approximate surface area is 439 Å². The van der Waals surface area contributed by atoms with Crippen LogP contribution in [-0.2, 0) is 10.8 Å². The van der Waals surface area contributed by atoms with E-state index in [0.717, 1.165) is 22.6 Å². The first-order valence-electron chi connectivity index (χ1n) is 26.2. The first kappa shape index (κ1) is 43.1. The van der Waals surface area contributed by atoms with E-state index in [4.69, 9.17) is 0 Å². The van der Waals surface area contributed by atoms with Crippen LogP contribution >= 0.6 is 0 Å². The fraction of sp³-hybridized carbons (Fsp3) is 0.0270. The SMILES string of the molecule is c1ccc(-c2ccc(N(c3ccc4c(c3)C(c3ccccc3)(c3ccccc3)c3ccccc3-4)c3ccc(-c4ccccc4)cc3-c3cccc4c3-c3ccccc3C43c4ccccc4-c4ccccc43)cc2)cc1. The lowest BCUT2D eigenvalue weighted by Crippen LogP contribution is -2.28. The van der Waals surface area contributed by atoms with Crippen molar-refractivity contribution in [1.29, 1.82) is 0 Å². The molecular weight excluding hydrogens is 903 g/mol. The highest BCUT2D eigenvalue weighted by Gasteiger charge is 2.52. The van der Waals surface area contributed by atoms with Crippen LogP contribution in [0.3, 0.4) is 0 Å². The number of fused-ring (bicyclic) bond motifs is 13. The van der Waals surface area contributed by atoms with Crippen LogP contribution in [0.1, 0.15) is 44.5 Å². The number of rotatable bonds is 8. The second-order valence-corrected chi connectivity index (χ2v) is 20.2. The van der Waals surface area contributed by atoms with Gasteiger partial charge in [-0.1, -0.05) is 261 Å². The van der Waals surface area contributed by atoms with E-state index in [0.29, 0.717) is 0 Å². The quantitative estimate of drug-likeness (QED) is 0.147. The molecule has 0 heterocycles. The summed E-state index contributed by atoms with van der Waals surface area (Å²) in [6, 6.07) is 111. The molecule has 3 aliphatic rings. The average molecular weight is 952 g/mol. The summed E-state index contributed by atoms with van der Waals surface area (Å²) in [5, 5.41) is 0. The Morgan fingerprint density at radius 1 is 0.213 bits per heavy atom. The zero-order valence-electron chi connectivity index (χ0n) is 41.2. The monoisotopic (exact) mass is 951 g/mol. The highest BCUT2D eigenvalue weighted by atomic mass is 15.1. The zero-order valence-corrected chi connectivity index (χ0v) is 41.2. The van der Waals surface area contributed by atoms with Gasteiger partial charge in [-0.05, 0) is 142 Å². The molecule has 0 saturated heterocycles. The molecule has 0 bridgehead atoms. The third-order valence-corrected chi connectivity index (χ3v) is 16.6. The third kappa shape index (κ3) is 6.25. The van der Waals surface area contributed by atoms with Crippen molar-refractivity contribution in [2.75, 3.05) is 4.90 Å². The Balaban J connectivity index is 1.02. The minimum absolute atomic E-state index is 0.480. The molecule has 12 aromatic rings. The lowest BCUT2D eigenvalue weighted by Gasteiger charge is -2.35. The maximum absolute atomic E-state index is 2.53. The minimum Gasteiger partial charge on any atom is -0.310 e. The molecule has 0 saturated carbocycles. The summed E-state index contributed by atoms with van der Waals surface area (Å²) in [7, 11) is 0. The predicted octanol–water partition coefficient (Wildman–Crippen LogP) is 18.9. The smallest absolute Gasteiger partial charge is 0.0725 e. The summed E-state index contributed by atoms with van der Waals surface area (Å²) in [6.45, 7) is 0. The molecule has 75 heavy (non-hydrogen) atoms. The van der Waals surface area contributed by atoms with Crippen molar-refractivity contribution in [2.24, 2.45) is 0 Å². The molecule has 0 unspecified atom stereocenters. The maximum atomic E-state index is 2.53. The summed E-state index contributed by atoms with van der Waals surface area (Å²) in [5.41, 5.74) is 27.3. The number of benzene rings is 12. The molecule has 1 heteroatoms. The standard InChI is InChI=1S/C74H49N/c1-5-22-50(23-6-1)52-40-43-56(44-41-52)75(57-45-46-61-60-32-13-17-35-65(60)73(70(61)49-57,54-26-9-3-10-27-54)55-28-11-4-12-29-55)71-47-42-53(51-24-7-2-8-25-51)48-64(71)62-34-21-39-69-72(62)63-33-16-20-38-68(63)74(69)66-36-18-14-30-58(66)59-31-15-19-37-67(59)74/h1-49H. The highest BCUT2D eigenvalue weighted by molar-refractivity contribution is 6.03. The van der Waals surface area contributed by atoms with Crippen molar-refractivity contribution in [3.8, 4) is 66.8 Å². The van der Waals surface area contributed by atoms with Gasteiger partial charge >= 0.3 is 0 Å². The van der Waals surface area contributed by atoms with Gasteiger partial charge in [0.2, 0.25) is 0 Å². The van der Waals surface area contributed by atoms with Crippen molar-refractivity contribution >= 4 is 17.1 Å². The van der Waals surface area contributed by atoms with Gasteiger partial charge in [0.1, 0.15) is 0 Å². The van der Waals surface area contributed by atoms with Crippen molar-refractivity contribution in [3.05, 3.63) is 342 Å². The summed E-state index contributed by atoms with van der Waals surface area (Å²) in [5.74, 6) is 0. The van der Waals surface area contributed by atoms with Crippen molar-refractivity contribution < 1.29 is 0 Å². The Kier molecular flexibility index (Phi) is 9.77. The van der Waals surface area contributed by atoms with E-state index in [1.54, 1.807) is 0 Å². The van der Waals surface area contributed by atoms with Gasteiger partial charge in [0.05, 0.1) is 16.5 Å². The summed E-state index contributed by atoms with van der Waals surface area (Å²) >= 11 is 0. The zero-order chi connectivity index (χ0) is 49.5. The van der Waals surface area contributed by atoms with Crippen LogP contribution in [0.25, 0.3) is 66.8 Å².